The van der Waals surface area contributed by atoms with E-state index in [-0.39, 0.29) is 24.9 Å². The van der Waals surface area contributed by atoms with Gasteiger partial charge in [0.1, 0.15) is 5.75 Å². The van der Waals surface area contributed by atoms with Crippen molar-refractivity contribution in [3.05, 3.63) is 24.3 Å². The van der Waals surface area contributed by atoms with Crippen LogP contribution in [0.25, 0.3) is 11.5 Å². The van der Waals surface area contributed by atoms with Crippen LogP contribution in [0.1, 0.15) is 6.42 Å². The fourth-order valence-electron chi connectivity index (χ4n) is 2.05. The second-order valence-corrected chi connectivity index (χ2v) is 4.48. The van der Waals surface area contributed by atoms with Crippen LogP contribution in [0.2, 0.25) is 0 Å². The van der Waals surface area contributed by atoms with Gasteiger partial charge in [-0.05, 0) is 24.3 Å². The number of nitrogens with zero attached hydrogens (tertiary/aromatic N) is 3. The molecule has 7 nitrogen and oxygen atoms in total. The minimum absolute atomic E-state index is 0.0836. The van der Waals surface area contributed by atoms with Crippen molar-refractivity contribution >= 4 is 11.9 Å². The van der Waals surface area contributed by atoms with Gasteiger partial charge in [0.05, 0.1) is 26.2 Å². The van der Waals surface area contributed by atoms with E-state index in [2.05, 4.69) is 10.2 Å². The standard InChI is InChI=1S/C13H13N3O4/c1-19-10-4-2-8(3-5-10)12-14-15-13(20-12)16-7-9(17)6-11(16)18/h2-5,9,17H,6-7H2,1H3. The molecule has 1 fully saturated rings. The molecule has 3 rings (SSSR count). The molecule has 7 heteroatoms. The van der Waals surface area contributed by atoms with Crippen molar-refractivity contribution in [1.82, 2.24) is 10.2 Å². The molecule has 1 N–H and O–H groups in total. The molecule has 0 spiro atoms. The Balaban J connectivity index is 1.84. The molecule has 1 saturated heterocycles. The van der Waals surface area contributed by atoms with E-state index in [1.54, 1.807) is 31.4 Å². The number of benzene rings is 1. The zero-order chi connectivity index (χ0) is 14.1. The van der Waals surface area contributed by atoms with Gasteiger partial charge in [-0.15, -0.1) is 5.10 Å². The van der Waals surface area contributed by atoms with E-state index in [0.717, 1.165) is 11.3 Å². The van der Waals surface area contributed by atoms with Crippen LogP contribution < -0.4 is 9.64 Å². The molecule has 2 aromatic rings. The fraction of sp³-hybridized carbons (Fsp3) is 0.308. The van der Waals surface area contributed by atoms with Crippen molar-refractivity contribution in [3.63, 3.8) is 0 Å². The van der Waals surface area contributed by atoms with Gasteiger partial charge in [0.2, 0.25) is 11.8 Å². The molecule has 0 saturated carbocycles. The number of hydrogen-bond acceptors (Lipinski definition) is 6. The molecule has 1 unspecified atom stereocenters. The number of aliphatic hydroxyl groups excluding tert-OH is 1. The summed E-state index contributed by atoms with van der Waals surface area (Å²) in [5, 5.41) is 17.2. The average Bonchev–Trinajstić information content (AvgIpc) is 3.05. The summed E-state index contributed by atoms with van der Waals surface area (Å²) in [6.45, 7) is 0.184. The lowest BCUT2D eigenvalue weighted by Gasteiger charge is -2.08. The molecule has 0 radical (unpaired) electrons. The molecule has 2 heterocycles. The van der Waals surface area contributed by atoms with E-state index in [9.17, 15) is 9.90 Å². The molecule has 1 amide bonds. The van der Waals surface area contributed by atoms with E-state index in [4.69, 9.17) is 9.15 Å². The van der Waals surface area contributed by atoms with Crippen molar-refractivity contribution in [2.75, 3.05) is 18.6 Å². The van der Waals surface area contributed by atoms with Gasteiger partial charge < -0.3 is 14.3 Å². The van der Waals surface area contributed by atoms with Gasteiger partial charge in [-0.2, -0.15) is 0 Å². The summed E-state index contributed by atoms with van der Waals surface area (Å²) in [6.07, 6.45) is -0.598. The van der Waals surface area contributed by atoms with Gasteiger partial charge >= 0.3 is 6.01 Å². The summed E-state index contributed by atoms with van der Waals surface area (Å²) in [5.74, 6) is 0.825. The highest BCUT2D eigenvalue weighted by Crippen LogP contribution is 2.26. The number of methoxy groups -OCH3 is 1. The van der Waals surface area contributed by atoms with Crippen molar-refractivity contribution < 1.29 is 19.1 Å². The normalized spacial score (nSPS) is 18.6. The van der Waals surface area contributed by atoms with E-state index >= 15 is 0 Å². The smallest absolute Gasteiger partial charge is 0.325 e. The Labute approximate surface area is 114 Å². The Kier molecular flexibility index (Phi) is 3.11. The maximum atomic E-state index is 11.6. The lowest BCUT2D eigenvalue weighted by atomic mass is 10.2. The second-order valence-electron chi connectivity index (χ2n) is 4.48. The molecule has 20 heavy (non-hydrogen) atoms. The molecular formula is C13H13N3O4. The summed E-state index contributed by atoms with van der Waals surface area (Å²) in [5.41, 5.74) is 0.733. The van der Waals surface area contributed by atoms with Crippen LogP contribution in [-0.4, -0.2) is 41.0 Å². The van der Waals surface area contributed by atoms with Crippen molar-refractivity contribution in [1.29, 1.82) is 0 Å². The number of hydrogen-bond donors (Lipinski definition) is 1. The number of aliphatic hydroxyl groups is 1. The van der Waals surface area contributed by atoms with Gasteiger partial charge in [0.25, 0.3) is 0 Å². The van der Waals surface area contributed by atoms with Crippen molar-refractivity contribution in [2.45, 2.75) is 12.5 Å². The van der Waals surface area contributed by atoms with Crippen molar-refractivity contribution in [2.24, 2.45) is 0 Å². The van der Waals surface area contributed by atoms with Crippen LogP contribution >= 0.6 is 0 Å². The number of rotatable bonds is 3. The summed E-state index contributed by atoms with van der Waals surface area (Å²) >= 11 is 0. The lowest BCUT2D eigenvalue weighted by molar-refractivity contribution is -0.117. The SMILES string of the molecule is COc1ccc(-c2nnc(N3CC(O)CC3=O)o2)cc1. The monoisotopic (exact) mass is 275 g/mol. The van der Waals surface area contributed by atoms with E-state index in [1.807, 2.05) is 0 Å². The van der Waals surface area contributed by atoms with Crippen LogP contribution in [0.4, 0.5) is 6.01 Å². The number of ether oxygens (including phenoxy) is 1. The van der Waals surface area contributed by atoms with Crippen LogP contribution in [0.3, 0.4) is 0 Å². The third kappa shape index (κ3) is 2.23. The molecule has 1 atom stereocenters. The van der Waals surface area contributed by atoms with Gasteiger partial charge in [0.15, 0.2) is 0 Å². The molecule has 1 aliphatic rings. The van der Waals surface area contributed by atoms with Gasteiger partial charge in [-0.3, -0.25) is 9.69 Å². The summed E-state index contributed by atoms with van der Waals surface area (Å²) in [4.78, 5) is 12.9. The largest absolute Gasteiger partial charge is 0.497 e. The number of anilines is 1. The molecule has 1 aliphatic heterocycles. The number of amides is 1. The van der Waals surface area contributed by atoms with E-state index in [1.165, 1.54) is 4.90 Å². The first-order valence-corrected chi connectivity index (χ1v) is 6.14. The predicted molar refractivity (Wildman–Crippen MR) is 69.3 cm³/mol. The minimum Gasteiger partial charge on any atom is -0.497 e. The fourth-order valence-corrected chi connectivity index (χ4v) is 2.05. The third-order valence-electron chi connectivity index (χ3n) is 3.09. The Hall–Kier alpha value is -2.41. The number of carbonyl (C=O) groups excluding carboxylic acids is 1. The van der Waals surface area contributed by atoms with E-state index in [0.29, 0.717) is 5.89 Å². The van der Waals surface area contributed by atoms with Gasteiger partial charge in [0, 0.05) is 5.56 Å². The zero-order valence-electron chi connectivity index (χ0n) is 10.8. The number of aromatic nitrogens is 2. The summed E-state index contributed by atoms with van der Waals surface area (Å²) in [7, 11) is 1.59. The number of β-amino-alcohol motifs (C(OH)–C–C–N with tert-alkyl or cyclic N) is 1. The Morgan fingerprint density at radius 1 is 1.35 bits per heavy atom. The zero-order valence-corrected chi connectivity index (χ0v) is 10.8. The first-order chi connectivity index (χ1) is 9.67. The molecule has 1 aromatic carbocycles. The van der Waals surface area contributed by atoms with Gasteiger partial charge in [-0.25, -0.2) is 0 Å². The molecule has 104 valence electrons. The Morgan fingerprint density at radius 2 is 2.10 bits per heavy atom. The van der Waals surface area contributed by atoms with Crippen LogP contribution in [0, 0.1) is 0 Å². The second kappa shape index (κ2) is 4.93. The minimum atomic E-state index is -0.682. The number of carbonyl (C=O) groups is 1. The maximum absolute atomic E-state index is 11.6. The molecule has 0 aliphatic carbocycles. The molecule has 1 aromatic heterocycles. The first-order valence-electron chi connectivity index (χ1n) is 6.14. The summed E-state index contributed by atoms with van der Waals surface area (Å²) in [6, 6.07) is 7.25. The topological polar surface area (TPSA) is 88.7 Å². The summed E-state index contributed by atoms with van der Waals surface area (Å²) < 4.78 is 10.5. The average molecular weight is 275 g/mol. The van der Waals surface area contributed by atoms with Crippen LogP contribution in [-0.2, 0) is 4.79 Å². The molecule has 0 bridgehead atoms. The quantitative estimate of drug-likeness (QED) is 0.893. The highest BCUT2D eigenvalue weighted by atomic mass is 16.5. The van der Waals surface area contributed by atoms with Crippen molar-refractivity contribution in [3.8, 4) is 17.2 Å². The Morgan fingerprint density at radius 3 is 2.70 bits per heavy atom. The molecular weight excluding hydrogens is 262 g/mol. The van der Waals surface area contributed by atoms with Gasteiger partial charge in [-0.1, -0.05) is 5.10 Å². The van der Waals surface area contributed by atoms with E-state index < -0.39 is 6.10 Å². The maximum Gasteiger partial charge on any atom is 0.325 e. The highest BCUT2D eigenvalue weighted by molar-refractivity contribution is 5.94. The van der Waals surface area contributed by atoms with Crippen LogP contribution in [0.5, 0.6) is 5.75 Å². The lowest BCUT2D eigenvalue weighted by Crippen LogP contribution is -2.25. The predicted octanol–water partition coefficient (Wildman–Crippen LogP) is 0.843. The highest BCUT2D eigenvalue weighted by Gasteiger charge is 2.32. The first kappa shape index (κ1) is 12.6. The Bertz CT molecular complexity index is 623. The third-order valence-corrected chi connectivity index (χ3v) is 3.09. The van der Waals surface area contributed by atoms with Crippen LogP contribution in [0.15, 0.2) is 28.7 Å².